The number of halogens is 2. The molecule has 3 aromatic carbocycles. The Balaban J connectivity index is 2.19. The van der Waals surface area contributed by atoms with Crippen molar-refractivity contribution in [2.24, 2.45) is 0 Å². The summed E-state index contributed by atoms with van der Waals surface area (Å²) < 4.78 is 3.76. The summed E-state index contributed by atoms with van der Waals surface area (Å²) in [5, 5.41) is 3.71. The van der Waals surface area contributed by atoms with Crippen molar-refractivity contribution in [1.82, 2.24) is 9.80 Å². The predicted molar refractivity (Wildman–Crippen MR) is 144 cm³/mol. The Kier molecular flexibility index (Phi) is 6.93. The van der Waals surface area contributed by atoms with E-state index in [9.17, 15) is 0 Å². The molecule has 0 bridgehead atoms. The molecule has 0 aromatic heterocycles. The van der Waals surface area contributed by atoms with Crippen LogP contribution in [0.4, 0.5) is 11.4 Å². The molecule has 0 unspecified atom stereocenters. The first kappa shape index (κ1) is 24.6. The molecule has 5 heteroatoms. The number of hydrogen-bond donors (Lipinski definition) is 1. The van der Waals surface area contributed by atoms with Gasteiger partial charge in [-0.1, -0.05) is 0 Å². The molecule has 1 saturated heterocycles. The van der Waals surface area contributed by atoms with Crippen molar-refractivity contribution in [1.29, 1.82) is 0 Å². The molecule has 1 fully saturated rings. The van der Waals surface area contributed by atoms with Crippen molar-refractivity contribution in [3.05, 3.63) is 93.5 Å². The predicted octanol–water partition coefficient (Wildman–Crippen LogP) is 7.18. The summed E-state index contributed by atoms with van der Waals surface area (Å²) in [7, 11) is 14.8. The van der Waals surface area contributed by atoms with Crippen molar-refractivity contribution in [2.45, 2.75) is 41.5 Å². The van der Waals surface area contributed by atoms with Gasteiger partial charge < -0.3 is 0 Å². The van der Waals surface area contributed by atoms with Crippen molar-refractivity contribution >= 4 is 39.7 Å². The van der Waals surface area contributed by atoms with Gasteiger partial charge in [0.2, 0.25) is 0 Å². The van der Waals surface area contributed by atoms with Gasteiger partial charge in [0.15, 0.2) is 0 Å². The van der Waals surface area contributed by atoms with E-state index in [1.165, 1.54) is 44.8 Å². The van der Waals surface area contributed by atoms with Crippen LogP contribution in [0, 0.1) is 41.5 Å². The third-order valence-electron chi connectivity index (χ3n) is 6.34. The van der Waals surface area contributed by atoms with Crippen LogP contribution >= 0.6 is 19.4 Å². The summed E-state index contributed by atoms with van der Waals surface area (Å²) in [5.74, 6) is 0. The molecule has 176 valence electrons. The summed E-state index contributed by atoms with van der Waals surface area (Å²) in [4.78, 5) is 0. The molecule has 0 spiro atoms. The number of nitrogens with zero attached hydrogens (tertiary/aromatic N) is 1. The average Bonchev–Trinajstić information content (AvgIpc) is 3.12. The van der Waals surface area contributed by atoms with Gasteiger partial charge in [0, 0.05) is 0 Å². The van der Waals surface area contributed by atoms with Crippen LogP contribution in [0.15, 0.2) is 54.6 Å². The molecule has 0 atom stereocenters. The van der Waals surface area contributed by atoms with Gasteiger partial charge in [-0.05, 0) is 0 Å². The van der Waals surface area contributed by atoms with E-state index >= 15 is 0 Å². The number of rotatable bonds is 3. The van der Waals surface area contributed by atoms with Crippen LogP contribution in [0.3, 0.4) is 0 Å². The van der Waals surface area contributed by atoms with Crippen LogP contribution in [-0.4, -0.2) is 22.1 Å². The topological polar surface area (TPSA) is 12.0 Å². The molecule has 3 aromatic rings. The van der Waals surface area contributed by atoms with Crippen molar-refractivity contribution in [3.8, 4) is 0 Å². The van der Waals surface area contributed by atoms with Crippen LogP contribution in [0.2, 0.25) is 0 Å². The molecule has 0 radical (unpaired) electrons. The summed E-state index contributed by atoms with van der Waals surface area (Å²) in [6.45, 7) is 14.9. The standard InChI is InChI=1S/C21H27N2.C7H6.2ClH.Ru/c1-14-9-16(3)20(17(4)10-14)23(8-7-22-13-23)21-18(5)11-15(2)12-19(21)6;1-7-5-3-2-4-6-7;;;/h9-12,22H,7-8H2,1-6H3;1-6H;2*1H;/q+1;;;;+2/p-2. The van der Waals surface area contributed by atoms with E-state index in [0.29, 0.717) is 4.48 Å². The molecule has 0 aliphatic carbocycles. The first-order valence-corrected chi connectivity index (χ1v) is 17.6. The maximum absolute atomic E-state index is 7.40. The fourth-order valence-electron chi connectivity index (χ4n) is 5.61. The zero-order valence-corrected chi connectivity index (χ0v) is 23.5. The molecular weight excluding hydrogens is 536 g/mol. The van der Waals surface area contributed by atoms with Gasteiger partial charge >= 0.3 is 210 Å². The van der Waals surface area contributed by atoms with Gasteiger partial charge in [-0.15, -0.1) is 0 Å². The van der Waals surface area contributed by atoms with Crippen molar-refractivity contribution in [3.63, 3.8) is 0 Å². The summed E-state index contributed by atoms with van der Waals surface area (Å²) in [6.07, 6.45) is 0. The van der Waals surface area contributed by atoms with Crippen LogP contribution in [0.5, 0.6) is 0 Å². The Hall–Kier alpha value is -1.48. The van der Waals surface area contributed by atoms with Crippen LogP contribution < -0.4 is 9.80 Å². The Labute approximate surface area is 208 Å². The number of benzene rings is 3. The average molecular weight is 570 g/mol. The Bertz CT molecular complexity index is 1240. The Morgan fingerprint density at radius 2 is 1.21 bits per heavy atom. The van der Waals surface area contributed by atoms with E-state index in [4.69, 9.17) is 19.4 Å². The van der Waals surface area contributed by atoms with Crippen LogP contribution in [0.25, 0.3) is 0 Å². The molecule has 0 saturated carbocycles. The molecule has 4 rings (SSSR count). The molecule has 33 heavy (non-hydrogen) atoms. The van der Waals surface area contributed by atoms with Gasteiger partial charge in [0.05, 0.1) is 0 Å². The Morgan fingerprint density at radius 3 is 1.67 bits per heavy atom. The van der Waals surface area contributed by atoms with Crippen LogP contribution in [-0.2, 0) is 11.9 Å². The van der Waals surface area contributed by atoms with Gasteiger partial charge in [-0.3, -0.25) is 0 Å². The Morgan fingerprint density at radius 1 is 0.758 bits per heavy atom. The fraction of sp³-hybridized carbons (Fsp3) is 0.286. The molecule has 0 amide bonds. The second kappa shape index (κ2) is 9.29. The van der Waals surface area contributed by atoms with Gasteiger partial charge in [0.25, 0.3) is 0 Å². The van der Waals surface area contributed by atoms with E-state index in [-0.39, 0.29) is 0 Å². The second-order valence-corrected chi connectivity index (χ2v) is 18.5. The molecular formula is C28H33Cl2N2Ru+. The van der Waals surface area contributed by atoms with Crippen LogP contribution in [0.1, 0.15) is 38.9 Å². The normalized spacial score (nSPS) is 16.2. The number of quaternary nitrogens is 1. The first-order valence-electron chi connectivity index (χ1n) is 11.2. The number of aryl methyl sites for hydroxylation is 6. The van der Waals surface area contributed by atoms with E-state index < -0.39 is 11.9 Å². The second-order valence-electron chi connectivity index (χ2n) is 9.19. The van der Waals surface area contributed by atoms with Crippen molar-refractivity contribution in [2.75, 3.05) is 13.1 Å². The summed E-state index contributed by atoms with van der Waals surface area (Å²) >= 11 is -3.44. The monoisotopic (exact) mass is 569 g/mol. The summed E-state index contributed by atoms with van der Waals surface area (Å²) in [5.41, 5.74) is 11.3. The van der Waals surface area contributed by atoms with Crippen molar-refractivity contribution < 1.29 is 11.9 Å². The first-order chi connectivity index (χ1) is 15.6. The zero-order chi connectivity index (χ0) is 24.0. The summed E-state index contributed by atoms with van der Waals surface area (Å²) in [6, 6.07) is 19.4. The van der Waals surface area contributed by atoms with E-state index in [1.54, 1.807) is 0 Å². The molecule has 1 heterocycles. The molecule has 1 aliphatic rings. The van der Waals surface area contributed by atoms with Gasteiger partial charge in [-0.25, -0.2) is 0 Å². The number of hydrogen-bond acceptors (Lipinski definition) is 1. The van der Waals surface area contributed by atoms with Gasteiger partial charge in [-0.2, -0.15) is 0 Å². The molecule has 1 aliphatic heterocycles. The van der Waals surface area contributed by atoms with Gasteiger partial charge in [0.1, 0.15) is 0 Å². The third-order valence-corrected chi connectivity index (χ3v) is 12.0. The molecule has 1 N–H and O–H groups in total. The third kappa shape index (κ3) is 4.47. The van der Waals surface area contributed by atoms with E-state index in [1.807, 2.05) is 18.2 Å². The maximum atomic E-state index is 7.40. The SMILES string of the molecule is Cc1cc(C)c([N+]2(c3c(C)cc(C)cc3C)CCN[C]2=[Ru]([Cl])([Cl])=[CH]c2ccccc2)c(C)c1. The minimum absolute atomic E-state index is 0.582. The number of nitrogens with one attached hydrogen (secondary N) is 1. The fourth-order valence-corrected chi connectivity index (χ4v) is 11.8. The quantitative estimate of drug-likeness (QED) is 0.260. The molecule has 2 nitrogen and oxygen atoms in total. The van der Waals surface area contributed by atoms with E-state index in [0.717, 1.165) is 23.0 Å². The zero-order valence-electron chi connectivity index (χ0n) is 20.2. The minimum atomic E-state index is -3.44. The van der Waals surface area contributed by atoms with E-state index in [2.05, 4.69) is 87.9 Å².